The van der Waals surface area contributed by atoms with Crippen molar-refractivity contribution in [1.29, 1.82) is 0 Å². The van der Waals surface area contributed by atoms with E-state index < -0.39 is 21.5 Å². The van der Waals surface area contributed by atoms with E-state index in [1.807, 2.05) is 35.1 Å². The maximum Gasteiger partial charge on any atom is 0.298 e. The molecule has 1 aromatic heterocycles. The number of hydrogen-bond donors (Lipinski definition) is 2. The van der Waals surface area contributed by atoms with Crippen LogP contribution in [0.4, 0.5) is 0 Å². The Morgan fingerprint density at radius 2 is 1.83 bits per heavy atom. The van der Waals surface area contributed by atoms with Crippen LogP contribution in [0.5, 0.6) is 5.75 Å². The van der Waals surface area contributed by atoms with Crippen LogP contribution in [0.3, 0.4) is 0 Å². The zero-order chi connectivity index (χ0) is 25.5. The SMILES string of the molecule is COc1ccc(-c2c(C3CCCCC3)c3ccc(C(=O)NS(N)(=O)=O)cc3n2CC2(C=O)CC2)cc1. The second-order valence-corrected chi connectivity index (χ2v) is 11.4. The number of nitrogens with one attached hydrogen (secondary N) is 1. The summed E-state index contributed by atoms with van der Waals surface area (Å²) in [7, 11) is -2.56. The predicted molar refractivity (Wildman–Crippen MR) is 138 cm³/mol. The molecule has 0 unspecified atom stereocenters. The molecule has 0 bridgehead atoms. The maximum atomic E-state index is 12.7. The van der Waals surface area contributed by atoms with E-state index in [2.05, 4.69) is 4.57 Å². The summed E-state index contributed by atoms with van der Waals surface area (Å²) in [6, 6.07) is 13.2. The van der Waals surface area contributed by atoms with E-state index in [1.165, 1.54) is 12.0 Å². The van der Waals surface area contributed by atoms with Crippen molar-refractivity contribution in [1.82, 2.24) is 9.29 Å². The zero-order valence-electron chi connectivity index (χ0n) is 20.3. The first-order valence-corrected chi connectivity index (χ1v) is 13.9. The average Bonchev–Trinajstić information content (AvgIpc) is 3.58. The van der Waals surface area contributed by atoms with Crippen LogP contribution >= 0.6 is 0 Å². The van der Waals surface area contributed by atoms with Crippen LogP contribution in [0.15, 0.2) is 42.5 Å². The molecule has 2 aliphatic rings. The third-order valence-corrected chi connectivity index (χ3v) is 8.06. The Kier molecular flexibility index (Phi) is 6.38. The summed E-state index contributed by atoms with van der Waals surface area (Å²) in [4.78, 5) is 24.7. The normalized spacial score (nSPS) is 17.6. The van der Waals surface area contributed by atoms with Crippen LogP contribution in [-0.4, -0.2) is 32.3 Å². The largest absolute Gasteiger partial charge is 0.497 e. The summed E-state index contributed by atoms with van der Waals surface area (Å²) in [5.41, 5.74) is 3.89. The van der Waals surface area contributed by atoms with Crippen LogP contribution < -0.4 is 14.6 Å². The van der Waals surface area contributed by atoms with Gasteiger partial charge in [0.05, 0.1) is 12.8 Å². The predicted octanol–water partition coefficient (Wildman–Crippen LogP) is 4.28. The van der Waals surface area contributed by atoms with Gasteiger partial charge in [-0.25, -0.2) is 9.86 Å². The number of benzene rings is 2. The van der Waals surface area contributed by atoms with Crippen molar-refractivity contribution in [2.75, 3.05) is 7.11 Å². The Hall–Kier alpha value is -3.17. The molecule has 36 heavy (non-hydrogen) atoms. The van der Waals surface area contributed by atoms with Crippen LogP contribution in [0.2, 0.25) is 0 Å². The second-order valence-electron chi connectivity index (χ2n) is 10.1. The molecule has 0 spiro atoms. The third kappa shape index (κ3) is 4.77. The molecule has 3 N–H and O–H groups in total. The molecule has 1 heterocycles. The Balaban J connectivity index is 1.75. The van der Waals surface area contributed by atoms with Crippen molar-refractivity contribution >= 4 is 33.3 Å². The van der Waals surface area contributed by atoms with Gasteiger partial charge in [0.1, 0.15) is 12.0 Å². The first kappa shape index (κ1) is 24.5. The molecule has 0 atom stereocenters. The fourth-order valence-electron chi connectivity index (χ4n) is 5.52. The first-order valence-electron chi connectivity index (χ1n) is 12.4. The summed E-state index contributed by atoms with van der Waals surface area (Å²) in [5, 5.41) is 6.07. The lowest BCUT2D eigenvalue weighted by Crippen LogP contribution is -2.35. The van der Waals surface area contributed by atoms with E-state index in [-0.39, 0.29) is 5.56 Å². The lowest BCUT2D eigenvalue weighted by Gasteiger charge is -2.24. The van der Waals surface area contributed by atoms with E-state index >= 15 is 0 Å². The molecule has 0 radical (unpaired) electrons. The summed E-state index contributed by atoms with van der Waals surface area (Å²) in [6.45, 7) is 0.501. The number of aldehydes is 1. The number of ether oxygens (including phenoxy) is 1. The summed E-state index contributed by atoms with van der Waals surface area (Å²) in [5.74, 6) is 0.332. The molecule has 2 saturated carbocycles. The fraction of sp³-hybridized carbons (Fsp3) is 0.407. The van der Waals surface area contributed by atoms with Gasteiger partial charge in [0.25, 0.3) is 16.1 Å². The standard InChI is InChI=1S/C27H31N3O5S/c1-35-21-10-7-19(8-11-21)25-24(18-5-3-2-4-6-18)22-12-9-20(26(32)29-36(28,33)34)15-23(22)30(25)16-27(17-31)13-14-27/h7-12,15,17-18H,2-6,13-14,16H2,1H3,(H,29,32)(H2,28,33,34). The van der Waals surface area contributed by atoms with Gasteiger partial charge in [-0.2, -0.15) is 8.42 Å². The molecule has 0 saturated heterocycles. The quantitative estimate of drug-likeness (QED) is 0.439. The molecule has 2 aromatic carbocycles. The number of hydrogen-bond acceptors (Lipinski definition) is 5. The van der Waals surface area contributed by atoms with E-state index in [4.69, 9.17) is 9.88 Å². The topological polar surface area (TPSA) is 120 Å². The number of fused-ring (bicyclic) bond motifs is 1. The average molecular weight is 510 g/mol. The van der Waals surface area contributed by atoms with Crippen molar-refractivity contribution in [3.05, 3.63) is 53.6 Å². The zero-order valence-corrected chi connectivity index (χ0v) is 21.1. The van der Waals surface area contributed by atoms with E-state index in [0.717, 1.165) is 72.7 Å². The molecule has 5 rings (SSSR count). The van der Waals surface area contributed by atoms with E-state index in [9.17, 15) is 18.0 Å². The maximum absolute atomic E-state index is 12.7. The van der Waals surface area contributed by atoms with Crippen LogP contribution in [0, 0.1) is 5.41 Å². The molecule has 2 aliphatic carbocycles. The van der Waals surface area contributed by atoms with Gasteiger partial charge >= 0.3 is 0 Å². The Bertz CT molecular complexity index is 1420. The second kappa shape index (κ2) is 9.37. The molecular weight excluding hydrogens is 478 g/mol. The van der Waals surface area contributed by atoms with Crippen molar-refractivity contribution < 1.29 is 22.7 Å². The van der Waals surface area contributed by atoms with Gasteiger partial charge in [-0.3, -0.25) is 4.79 Å². The highest BCUT2D eigenvalue weighted by Crippen LogP contribution is 2.49. The highest BCUT2D eigenvalue weighted by atomic mass is 32.2. The van der Waals surface area contributed by atoms with Crippen molar-refractivity contribution in [2.45, 2.75) is 57.4 Å². The lowest BCUT2D eigenvalue weighted by molar-refractivity contribution is -0.112. The highest BCUT2D eigenvalue weighted by molar-refractivity contribution is 7.87. The van der Waals surface area contributed by atoms with Gasteiger partial charge in [-0.15, -0.1) is 0 Å². The number of rotatable bonds is 8. The van der Waals surface area contributed by atoms with E-state index in [0.29, 0.717) is 12.5 Å². The number of methoxy groups -OCH3 is 1. The molecular formula is C27H31N3O5S. The molecule has 9 heteroatoms. The Morgan fingerprint density at radius 3 is 2.42 bits per heavy atom. The molecule has 3 aromatic rings. The molecule has 8 nitrogen and oxygen atoms in total. The molecule has 190 valence electrons. The van der Waals surface area contributed by atoms with Crippen molar-refractivity contribution in [2.24, 2.45) is 10.6 Å². The summed E-state index contributed by atoms with van der Waals surface area (Å²) < 4.78 is 32.3. The van der Waals surface area contributed by atoms with Crippen molar-refractivity contribution in [3.8, 4) is 17.0 Å². The molecule has 2 fully saturated rings. The minimum atomic E-state index is -4.19. The number of nitrogens with two attached hydrogens (primary N) is 1. The number of carbonyl (C=O) groups excluding carboxylic acids is 2. The lowest BCUT2D eigenvalue weighted by atomic mass is 9.81. The molecule has 0 aliphatic heterocycles. The first-order chi connectivity index (χ1) is 17.2. The van der Waals surface area contributed by atoms with E-state index in [1.54, 1.807) is 19.2 Å². The van der Waals surface area contributed by atoms with Gasteiger partial charge in [-0.05, 0) is 79.1 Å². The minimum Gasteiger partial charge on any atom is -0.497 e. The minimum absolute atomic E-state index is 0.197. The Labute approximate surface area is 211 Å². The third-order valence-electron chi connectivity index (χ3n) is 7.59. The molecule has 1 amide bonds. The smallest absolute Gasteiger partial charge is 0.298 e. The van der Waals surface area contributed by atoms with Crippen LogP contribution in [0.1, 0.15) is 66.8 Å². The van der Waals surface area contributed by atoms with Gasteiger partial charge in [-0.1, -0.05) is 25.3 Å². The number of carbonyl (C=O) groups is 2. The Morgan fingerprint density at radius 1 is 1.14 bits per heavy atom. The van der Waals surface area contributed by atoms with Gasteiger partial charge in [0.2, 0.25) is 0 Å². The van der Waals surface area contributed by atoms with Gasteiger partial charge in [0.15, 0.2) is 0 Å². The van der Waals surface area contributed by atoms with Crippen LogP contribution in [-0.2, 0) is 21.5 Å². The summed E-state index contributed by atoms with van der Waals surface area (Å²) >= 11 is 0. The van der Waals surface area contributed by atoms with Crippen molar-refractivity contribution in [3.63, 3.8) is 0 Å². The highest BCUT2D eigenvalue weighted by Gasteiger charge is 2.44. The van der Waals surface area contributed by atoms with Crippen LogP contribution in [0.25, 0.3) is 22.2 Å². The monoisotopic (exact) mass is 509 g/mol. The number of nitrogens with zero attached hydrogens (tertiary/aromatic N) is 1. The summed E-state index contributed by atoms with van der Waals surface area (Å²) in [6.07, 6.45) is 8.39. The fourth-order valence-corrected chi connectivity index (χ4v) is 5.90. The van der Waals surface area contributed by atoms with Gasteiger partial charge < -0.3 is 14.1 Å². The number of aromatic nitrogens is 1. The number of amides is 1. The van der Waals surface area contributed by atoms with Gasteiger partial charge in [0, 0.05) is 28.4 Å².